The lowest BCUT2D eigenvalue weighted by Gasteiger charge is -2.29. The van der Waals surface area contributed by atoms with Crippen molar-refractivity contribution in [2.45, 2.75) is 76.5 Å². The van der Waals surface area contributed by atoms with Gasteiger partial charge in [-0.05, 0) is 46.2 Å². The molecule has 4 amide bonds. The van der Waals surface area contributed by atoms with E-state index in [0.717, 1.165) is 46.3 Å². The molecular formula is C44H46F4N8O6. The number of likely N-dealkylation sites (tertiary alicyclic amines) is 2. The molecule has 1 aliphatic carbocycles. The van der Waals surface area contributed by atoms with Crippen LogP contribution in [-0.4, -0.2) is 105 Å². The van der Waals surface area contributed by atoms with E-state index in [1.807, 2.05) is 36.4 Å². The van der Waals surface area contributed by atoms with Crippen LogP contribution in [0.1, 0.15) is 75.4 Å². The number of hydrogen-bond donors (Lipinski definition) is 4. The molecule has 3 aliphatic rings. The number of benzene rings is 2. The molecule has 2 aromatic carbocycles. The van der Waals surface area contributed by atoms with E-state index in [9.17, 15) is 36.7 Å². The SMILES string of the molecule is COC(=O)N[C@H](C(=O)N1CC(F)(F)C[C@H]1c1ncc(-c2ccc(-c3ccc(-c4cnc([C@@H]5CC(F)(F)CN5C(=O)[C@@H](NC(=O)OC)C(C)C)[nH]4)c4c3C=C=C=C4)cc2)[nH]1)C(C)C. The molecule has 0 bridgehead atoms. The number of amides is 4. The van der Waals surface area contributed by atoms with Crippen molar-refractivity contribution in [3.05, 3.63) is 83.0 Å². The number of nitrogens with zero attached hydrogens (tertiary/aromatic N) is 4. The third-order valence-electron chi connectivity index (χ3n) is 11.3. The van der Waals surface area contributed by atoms with Gasteiger partial charge in [0.1, 0.15) is 23.7 Å². The van der Waals surface area contributed by atoms with Gasteiger partial charge in [-0.3, -0.25) is 9.59 Å². The molecule has 0 saturated carbocycles. The number of ether oxygens (including phenoxy) is 2. The largest absolute Gasteiger partial charge is 0.453 e. The number of rotatable bonds is 11. The van der Waals surface area contributed by atoms with Crippen molar-refractivity contribution in [1.82, 2.24) is 40.4 Å². The van der Waals surface area contributed by atoms with E-state index >= 15 is 0 Å². The number of imidazole rings is 2. The smallest absolute Gasteiger partial charge is 0.407 e. The highest BCUT2D eigenvalue weighted by atomic mass is 19.3. The minimum Gasteiger partial charge on any atom is -0.453 e. The second-order valence-corrected chi connectivity index (χ2v) is 16.3. The van der Waals surface area contributed by atoms with Crippen LogP contribution in [0.4, 0.5) is 27.2 Å². The monoisotopic (exact) mass is 858 g/mol. The molecule has 4 heterocycles. The Kier molecular flexibility index (Phi) is 11.9. The van der Waals surface area contributed by atoms with Crippen LogP contribution in [0.15, 0.2) is 60.3 Å². The van der Waals surface area contributed by atoms with Gasteiger partial charge >= 0.3 is 12.2 Å². The lowest BCUT2D eigenvalue weighted by atomic mass is 9.89. The number of aromatic amines is 2. The number of alkyl halides is 4. The van der Waals surface area contributed by atoms with Gasteiger partial charge < -0.3 is 39.9 Å². The van der Waals surface area contributed by atoms with Crippen LogP contribution in [-0.2, 0) is 19.1 Å². The topological polar surface area (TPSA) is 175 Å². The van der Waals surface area contributed by atoms with Crippen molar-refractivity contribution in [2.24, 2.45) is 11.8 Å². The van der Waals surface area contributed by atoms with Gasteiger partial charge in [0.25, 0.3) is 11.8 Å². The van der Waals surface area contributed by atoms with Gasteiger partial charge in [-0.25, -0.2) is 37.1 Å². The van der Waals surface area contributed by atoms with E-state index in [1.165, 1.54) is 12.4 Å². The molecule has 2 aromatic heterocycles. The average Bonchev–Trinajstić information content (AvgIpc) is 4.06. The molecule has 2 saturated heterocycles. The summed E-state index contributed by atoms with van der Waals surface area (Å²) < 4.78 is 68.9. The number of H-pyrrole nitrogens is 2. The van der Waals surface area contributed by atoms with E-state index in [0.29, 0.717) is 22.5 Å². The molecule has 2 aliphatic heterocycles. The number of carbonyl (C=O) groups is 4. The summed E-state index contributed by atoms with van der Waals surface area (Å²) >= 11 is 0. The first-order valence-electron chi connectivity index (χ1n) is 20.0. The van der Waals surface area contributed by atoms with E-state index in [4.69, 9.17) is 0 Å². The fraction of sp³-hybridized carbons (Fsp3) is 0.409. The fourth-order valence-electron chi connectivity index (χ4n) is 8.13. The van der Waals surface area contributed by atoms with E-state index in [1.54, 1.807) is 39.8 Å². The summed E-state index contributed by atoms with van der Waals surface area (Å²) in [5.41, 5.74) is 11.7. The van der Waals surface area contributed by atoms with Crippen LogP contribution in [0.5, 0.6) is 0 Å². The first kappa shape index (κ1) is 43.4. The third kappa shape index (κ3) is 8.74. The molecule has 4 N–H and O–H groups in total. The van der Waals surface area contributed by atoms with E-state index in [2.05, 4.69) is 51.5 Å². The molecule has 0 radical (unpaired) electrons. The molecule has 14 nitrogen and oxygen atoms in total. The first-order chi connectivity index (χ1) is 29.4. The Hall–Kier alpha value is -6.64. The van der Waals surface area contributed by atoms with Gasteiger partial charge in [-0.15, -0.1) is 0 Å². The molecule has 7 rings (SSSR count). The zero-order valence-corrected chi connectivity index (χ0v) is 34.8. The maximum atomic E-state index is 15.0. The molecule has 4 atom stereocenters. The Morgan fingerprint density at radius 3 is 1.56 bits per heavy atom. The zero-order valence-electron chi connectivity index (χ0n) is 34.8. The summed E-state index contributed by atoms with van der Waals surface area (Å²) in [6.45, 7) is 5.12. The van der Waals surface area contributed by atoms with Gasteiger partial charge in [0.05, 0.1) is 63.2 Å². The number of alkyl carbamates (subject to hydrolysis) is 2. The second-order valence-electron chi connectivity index (χ2n) is 16.3. The number of carbonyl (C=O) groups excluding carboxylic acids is 4. The lowest BCUT2D eigenvalue weighted by Crippen LogP contribution is -2.51. The first-order valence-corrected chi connectivity index (χ1v) is 20.0. The van der Waals surface area contributed by atoms with Gasteiger partial charge in [0, 0.05) is 24.0 Å². The normalized spacial score (nSPS) is 19.4. The van der Waals surface area contributed by atoms with Crippen LogP contribution in [0.2, 0.25) is 0 Å². The summed E-state index contributed by atoms with van der Waals surface area (Å²) in [7, 11) is 2.31. The standard InChI is InChI=1S/C44H46F4N8O6/c1-23(2)35(53-41(59)61-5)39(57)55-21-43(45,46)17-33(55)37-49-19-31(51-37)26-13-11-25(12-14-26)27-15-16-30(29-10-8-7-9-28(27)29)32-20-50-38(52-32)34-18-44(47,48)22-56(34)40(58)36(24(3)4)54-42(60)62-6/h9-16,19-20,23-24,33-36H,17-18,21-22H2,1-6H3,(H,49,51)(H,50,52)(H,53,59)(H,54,60)/t33-,34-,35-,36-/m0/s1. The maximum absolute atomic E-state index is 15.0. The Morgan fingerprint density at radius 1 is 0.677 bits per heavy atom. The van der Waals surface area contributed by atoms with E-state index in [-0.39, 0.29) is 11.6 Å². The Bertz CT molecular complexity index is 2480. The fourth-order valence-corrected chi connectivity index (χ4v) is 8.13. The summed E-state index contributed by atoms with van der Waals surface area (Å²) in [6.07, 6.45) is 3.61. The van der Waals surface area contributed by atoms with Crippen LogP contribution in [0.3, 0.4) is 0 Å². The van der Waals surface area contributed by atoms with Gasteiger partial charge in [0.15, 0.2) is 0 Å². The molecule has 0 spiro atoms. The van der Waals surface area contributed by atoms with Crippen LogP contribution >= 0.6 is 0 Å². The quantitative estimate of drug-likeness (QED) is 0.0780. The van der Waals surface area contributed by atoms with Crippen molar-refractivity contribution >= 4 is 36.2 Å². The molecule has 326 valence electrons. The van der Waals surface area contributed by atoms with Crippen LogP contribution < -0.4 is 10.6 Å². The number of nitrogens with one attached hydrogen (secondary N) is 4. The minimum atomic E-state index is -3.19. The third-order valence-corrected chi connectivity index (χ3v) is 11.3. The Morgan fingerprint density at radius 2 is 1.10 bits per heavy atom. The van der Waals surface area contributed by atoms with Crippen LogP contribution in [0.25, 0.3) is 45.8 Å². The highest BCUT2D eigenvalue weighted by Crippen LogP contribution is 2.44. The predicted octanol–water partition coefficient (Wildman–Crippen LogP) is 7.51. The average molecular weight is 859 g/mol. The molecule has 4 aromatic rings. The van der Waals surface area contributed by atoms with Gasteiger partial charge in [0.2, 0.25) is 11.8 Å². The van der Waals surface area contributed by atoms with Crippen molar-refractivity contribution in [1.29, 1.82) is 0 Å². The number of hydrogen-bond acceptors (Lipinski definition) is 8. The number of halogens is 4. The summed E-state index contributed by atoms with van der Waals surface area (Å²) in [5, 5.41) is 4.93. The summed E-state index contributed by atoms with van der Waals surface area (Å²) in [4.78, 5) is 68.4. The van der Waals surface area contributed by atoms with E-state index < -0.39 is 97.8 Å². The van der Waals surface area contributed by atoms with Crippen LogP contribution in [0, 0.1) is 11.8 Å². The number of aromatic nitrogens is 4. The lowest BCUT2D eigenvalue weighted by molar-refractivity contribution is -0.137. The minimum absolute atomic E-state index is 0.170. The maximum Gasteiger partial charge on any atom is 0.407 e. The molecular weight excluding hydrogens is 813 g/mol. The molecule has 62 heavy (non-hydrogen) atoms. The number of fused-ring (bicyclic) bond motifs is 1. The second kappa shape index (κ2) is 17.0. The Balaban J connectivity index is 1.12. The summed E-state index contributed by atoms with van der Waals surface area (Å²) in [5.74, 6) is -8.17. The predicted molar refractivity (Wildman–Crippen MR) is 219 cm³/mol. The highest BCUT2D eigenvalue weighted by molar-refractivity contribution is 5.90. The van der Waals surface area contributed by atoms with Gasteiger partial charge in [-0.2, -0.15) is 0 Å². The van der Waals surface area contributed by atoms with Gasteiger partial charge in [-0.1, -0.05) is 75.6 Å². The number of methoxy groups -OCH3 is 2. The molecule has 2 fully saturated rings. The summed E-state index contributed by atoms with van der Waals surface area (Å²) in [6, 6.07) is 6.93. The van der Waals surface area contributed by atoms with Crippen molar-refractivity contribution in [3.63, 3.8) is 0 Å². The van der Waals surface area contributed by atoms with Crippen molar-refractivity contribution < 1.29 is 46.2 Å². The highest BCUT2D eigenvalue weighted by Gasteiger charge is 2.51. The Labute approximate surface area is 354 Å². The molecule has 18 heteroatoms. The zero-order chi connectivity index (χ0) is 44.7. The molecule has 0 unspecified atom stereocenters. The van der Waals surface area contributed by atoms with Crippen molar-refractivity contribution in [2.75, 3.05) is 27.3 Å². The van der Waals surface area contributed by atoms with Crippen molar-refractivity contribution in [3.8, 4) is 33.6 Å².